The molecule has 1 aliphatic carbocycles. The Labute approximate surface area is 73.0 Å². The van der Waals surface area contributed by atoms with E-state index >= 15 is 0 Å². The van der Waals surface area contributed by atoms with E-state index < -0.39 is 5.39 Å². The molecule has 4 heteroatoms. The first-order valence-electron chi connectivity index (χ1n) is 3.72. The van der Waals surface area contributed by atoms with Crippen molar-refractivity contribution in [1.82, 2.24) is 0 Å². The molecule has 0 aliphatic heterocycles. The van der Waals surface area contributed by atoms with Crippen molar-refractivity contribution in [3.8, 4) is 0 Å². The quantitative estimate of drug-likeness (QED) is 0.496. The SMILES string of the molecule is NP(=S)(S)C1CCCCC1. The second-order valence-electron chi connectivity index (χ2n) is 2.96. The highest BCUT2D eigenvalue weighted by Crippen LogP contribution is 2.52. The zero-order valence-electron chi connectivity index (χ0n) is 5.99. The third-order valence-corrected chi connectivity index (χ3v) is 5.53. The fraction of sp³-hybridized carbons (Fsp3) is 1.00. The largest absolute Gasteiger partial charge is 0.295 e. The Morgan fingerprint density at radius 2 is 1.80 bits per heavy atom. The Kier molecular flexibility index (Phi) is 3.23. The first kappa shape index (κ1) is 9.05. The molecule has 1 saturated carbocycles. The lowest BCUT2D eigenvalue weighted by molar-refractivity contribution is 0.512. The van der Waals surface area contributed by atoms with Gasteiger partial charge in [0.2, 0.25) is 0 Å². The summed E-state index contributed by atoms with van der Waals surface area (Å²) in [5.41, 5.74) is 6.37. The molecule has 0 aromatic heterocycles. The Hall–Kier alpha value is 0.960. The van der Waals surface area contributed by atoms with E-state index in [4.69, 9.17) is 17.3 Å². The molecule has 0 amide bonds. The number of rotatable bonds is 1. The molecule has 0 aromatic carbocycles. The topological polar surface area (TPSA) is 26.0 Å². The van der Waals surface area contributed by atoms with Crippen molar-refractivity contribution in [2.45, 2.75) is 37.8 Å². The second kappa shape index (κ2) is 3.57. The molecule has 1 atom stereocenters. The second-order valence-corrected chi connectivity index (χ2v) is 9.65. The molecule has 1 fully saturated rings. The summed E-state index contributed by atoms with van der Waals surface area (Å²) in [5, 5.41) is -1.71. The van der Waals surface area contributed by atoms with Gasteiger partial charge in [-0.05, 0) is 12.8 Å². The fourth-order valence-corrected chi connectivity index (χ4v) is 3.88. The summed E-state index contributed by atoms with van der Waals surface area (Å²) in [6.07, 6.45) is 6.41. The average molecular weight is 195 g/mol. The molecular weight excluding hydrogens is 181 g/mol. The van der Waals surface area contributed by atoms with Crippen LogP contribution in [0.1, 0.15) is 32.1 Å². The van der Waals surface area contributed by atoms with Gasteiger partial charge in [0.1, 0.15) is 0 Å². The summed E-state index contributed by atoms with van der Waals surface area (Å²) in [5.74, 6) is 0. The molecule has 10 heavy (non-hydrogen) atoms. The van der Waals surface area contributed by atoms with E-state index in [-0.39, 0.29) is 0 Å². The summed E-state index contributed by atoms with van der Waals surface area (Å²) in [6, 6.07) is 0. The monoisotopic (exact) mass is 195 g/mol. The highest BCUT2D eigenvalue weighted by atomic mass is 32.9. The van der Waals surface area contributed by atoms with Crippen LogP contribution in [0.3, 0.4) is 0 Å². The Morgan fingerprint density at radius 3 is 2.10 bits per heavy atom. The minimum Gasteiger partial charge on any atom is -0.295 e. The Morgan fingerprint density at radius 1 is 1.30 bits per heavy atom. The van der Waals surface area contributed by atoms with Crippen LogP contribution < -0.4 is 5.50 Å². The van der Waals surface area contributed by atoms with Crippen LogP contribution >= 0.6 is 17.6 Å². The minimum absolute atomic E-state index is 0.569. The van der Waals surface area contributed by atoms with Gasteiger partial charge in [0.05, 0.1) is 5.39 Å². The van der Waals surface area contributed by atoms with Crippen molar-refractivity contribution < 1.29 is 0 Å². The number of nitrogens with two attached hydrogens (primary N) is 1. The third kappa shape index (κ3) is 2.54. The first-order valence-corrected chi connectivity index (χ1v) is 7.81. The van der Waals surface area contributed by atoms with Crippen LogP contribution in [0.15, 0.2) is 0 Å². The van der Waals surface area contributed by atoms with Crippen molar-refractivity contribution in [2.75, 3.05) is 0 Å². The van der Waals surface area contributed by atoms with Crippen LogP contribution in [0.25, 0.3) is 0 Å². The predicted molar refractivity (Wildman–Crippen MR) is 54.3 cm³/mol. The Balaban J connectivity index is 2.47. The van der Waals surface area contributed by atoms with Crippen molar-refractivity contribution >= 4 is 29.4 Å². The van der Waals surface area contributed by atoms with E-state index in [9.17, 15) is 0 Å². The third-order valence-electron chi connectivity index (χ3n) is 2.10. The van der Waals surface area contributed by atoms with Gasteiger partial charge in [0, 0.05) is 5.66 Å². The molecule has 0 aromatic rings. The van der Waals surface area contributed by atoms with Crippen molar-refractivity contribution in [1.29, 1.82) is 0 Å². The van der Waals surface area contributed by atoms with Crippen LogP contribution in [-0.2, 0) is 11.8 Å². The molecule has 0 bridgehead atoms. The molecule has 1 rings (SSSR count). The minimum atomic E-state index is -1.71. The van der Waals surface area contributed by atoms with Gasteiger partial charge in [0.25, 0.3) is 0 Å². The van der Waals surface area contributed by atoms with Crippen LogP contribution in [0.5, 0.6) is 0 Å². The van der Waals surface area contributed by atoms with Crippen molar-refractivity contribution in [2.24, 2.45) is 5.50 Å². The van der Waals surface area contributed by atoms with Crippen LogP contribution in [0.4, 0.5) is 0 Å². The first-order chi connectivity index (χ1) is 4.61. The molecule has 0 spiro atoms. The summed E-state index contributed by atoms with van der Waals surface area (Å²) in [6.45, 7) is 0. The van der Waals surface area contributed by atoms with Crippen molar-refractivity contribution in [3.63, 3.8) is 0 Å². The zero-order valence-corrected chi connectivity index (χ0v) is 8.60. The van der Waals surface area contributed by atoms with E-state index in [1.807, 2.05) is 0 Å². The molecule has 0 radical (unpaired) electrons. The lowest BCUT2D eigenvalue weighted by atomic mass is 10.0. The van der Waals surface area contributed by atoms with Gasteiger partial charge in [0.15, 0.2) is 0 Å². The predicted octanol–water partition coefficient (Wildman–Crippen LogP) is 2.52. The maximum atomic E-state index is 5.80. The summed E-state index contributed by atoms with van der Waals surface area (Å²) >= 11 is 9.46. The van der Waals surface area contributed by atoms with Crippen LogP contribution in [0, 0.1) is 0 Å². The zero-order chi connectivity index (χ0) is 7.61. The standard InChI is InChI=1S/C6H14NPS2/c7-8(9,10)6-4-2-1-3-5-6/h6H,1-5H2,(H3,7,9,10). The summed E-state index contributed by atoms with van der Waals surface area (Å²) in [4.78, 5) is 0. The molecule has 1 unspecified atom stereocenters. The van der Waals surface area contributed by atoms with Gasteiger partial charge in [-0.2, -0.15) is 0 Å². The van der Waals surface area contributed by atoms with Crippen molar-refractivity contribution in [3.05, 3.63) is 0 Å². The van der Waals surface area contributed by atoms with Gasteiger partial charge in [-0.25, -0.2) is 0 Å². The lowest BCUT2D eigenvalue weighted by Gasteiger charge is -2.26. The molecular formula is C6H14NPS2. The van der Waals surface area contributed by atoms with Gasteiger partial charge in [-0.1, -0.05) is 31.1 Å². The molecule has 0 heterocycles. The average Bonchev–Trinajstić information content (AvgIpc) is 1.88. The molecule has 0 saturated heterocycles. The maximum Gasteiger partial charge on any atom is 0.0618 e. The molecule has 60 valence electrons. The van der Waals surface area contributed by atoms with Crippen LogP contribution in [0.2, 0.25) is 0 Å². The molecule has 1 nitrogen and oxygen atoms in total. The van der Waals surface area contributed by atoms with Gasteiger partial charge < -0.3 is 0 Å². The van der Waals surface area contributed by atoms with Gasteiger partial charge >= 0.3 is 0 Å². The maximum absolute atomic E-state index is 5.80. The van der Waals surface area contributed by atoms with Gasteiger partial charge in [-0.3, -0.25) is 5.50 Å². The smallest absolute Gasteiger partial charge is 0.0618 e. The Bertz CT molecular complexity index is 148. The number of thiol groups is 1. The molecule has 2 N–H and O–H groups in total. The van der Waals surface area contributed by atoms with Crippen LogP contribution in [-0.4, -0.2) is 5.66 Å². The molecule has 1 aliphatic rings. The highest BCUT2D eigenvalue weighted by Gasteiger charge is 2.22. The normalized spacial score (nSPS) is 27.8. The fourth-order valence-electron chi connectivity index (χ4n) is 1.45. The summed E-state index contributed by atoms with van der Waals surface area (Å²) < 4.78 is 0. The number of hydrogen-bond acceptors (Lipinski definition) is 1. The van der Waals surface area contributed by atoms with Gasteiger partial charge in [-0.15, -0.1) is 12.2 Å². The highest BCUT2D eigenvalue weighted by molar-refractivity contribution is 8.62. The van der Waals surface area contributed by atoms with E-state index in [1.54, 1.807) is 0 Å². The number of hydrogen-bond donors (Lipinski definition) is 2. The van der Waals surface area contributed by atoms with E-state index in [2.05, 4.69) is 12.2 Å². The summed E-state index contributed by atoms with van der Waals surface area (Å²) in [7, 11) is 0. The van der Waals surface area contributed by atoms with E-state index in [0.29, 0.717) is 5.66 Å². The van der Waals surface area contributed by atoms with E-state index in [1.165, 1.54) is 32.1 Å². The van der Waals surface area contributed by atoms with E-state index in [0.717, 1.165) is 0 Å². The lowest BCUT2D eigenvalue weighted by Crippen LogP contribution is -2.14.